The quantitative estimate of drug-likeness (QED) is 0.713. The highest BCUT2D eigenvalue weighted by atomic mass is 16.5. The number of imidazole rings is 1. The number of rotatable bonds is 3. The van der Waals surface area contributed by atoms with Crippen molar-refractivity contribution in [3.63, 3.8) is 0 Å². The Hall–Kier alpha value is -2.89. The summed E-state index contributed by atoms with van der Waals surface area (Å²) in [5.41, 5.74) is 1.98. The topological polar surface area (TPSA) is 79.9 Å². The molecule has 0 aliphatic carbocycles. The van der Waals surface area contributed by atoms with Crippen LogP contribution in [0.2, 0.25) is 0 Å². The minimum absolute atomic E-state index is 0.380. The molecule has 0 unspecified atom stereocenters. The van der Waals surface area contributed by atoms with Gasteiger partial charge in [0.05, 0.1) is 23.7 Å². The summed E-state index contributed by atoms with van der Waals surface area (Å²) < 4.78 is 4.69. The van der Waals surface area contributed by atoms with Crippen LogP contribution in [0.3, 0.4) is 0 Å². The molecule has 2 aromatic heterocycles. The van der Waals surface area contributed by atoms with Crippen LogP contribution in [-0.2, 0) is 4.74 Å². The van der Waals surface area contributed by atoms with Crippen molar-refractivity contribution in [3.8, 4) is 0 Å². The number of carbonyl (C=O) groups is 1. The molecular weight excluding hydrogens is 256 g/mol. The molecule has 20 heavy (non-hydrogen) atoms. The number of H-pyrrole nitrogens is 1. The molecule has 0 aliphatic heterocycles. The Labute approximate surface area is 114 Å². The summed E-state index contributed by atoms with van der Waals surface area (Å²) in [6, 6.07) is 10.7. The van der Waals surface area contributed by atoms with Gasteiger partial charge in [0, 0.05) is 6.20 Å². The summed E-state index contributed by atoms with van der Waals surface area (Å²) in [5.74, 6) is 0.884. The zero-order valence-corrected chi connectivity index (χ0v) is 10.8. The number of aromatic amines is 1. The molecule has 0 amide bonds. The molecule has 2 N–H and O–H groups in total. The molecule has 6 heteroatoms. The van der Waals surface area contributed by atoms with Gasteiger partial charge in [0.15, 0.2) is 0 Å². The number of hydrogen-bond acceptors (Lipinski definition) is 5. The second-order valence-corrected chi connectivity index (χ2v) is 4.15. The van der Waals surface area contributed by atoms with E-state index in [0.717, 1.165) is 5.52 Å². The summed E-state index contributed by atoms with van der Waals surface area (Å²) in [5, 5.41) is 3.06. The maximum Gasteiger partial charge on any atom is 0.337 e. The number of fused-ring (bicyclic) bond motifs is 1. The molecule has 0 aliphatic rings. The number of methoxy groups -OCH3 is 1. The van der Waals surface area contributed by atoms with Crippen molar-refractivity contribution in [2.24, 2.45) is 0 Å². The minimum atomic E-state index is -0.380. The van der Waals surface area contributed by atoms with Gasteiger partial charge in [-0.15, -0.1) is 0 Å². The maximum absolute atomic E-state index is 11.5. The number of pyridine rings is 1. The van der Waals surface area contributed by atoms with E-state index in [0.29, 0.717) is 22.8 Å². The van der Waals surface area contributed by atoms with E-state index in [1.165, 1.54) is 7.11 Å². The van der Waals surface area contributed by atoms with Crippen LogP contribution >= 0.6 is 0 Å². The fraction of sp³-hybridized carbons (Fsp3) is 0.0714. The molecule has 0 spiro atoms. The van der Waals surface area contributed by atoms with Crippen LogP contribution in [0.4, 0.5) is 11.8 Å². The standard InChI is InChI=1S/C14H12N4O2/c1-20-13(19)9-5-6-10-11(8-9)17-14(16-10)18-12-4-2-3-7-15-12/h2-8H,1H3,(H2,15,16,17,18). The lowest BCUT2D eigenvalue weighted by Crippen LogP contribution is -2.00. The van der Waals surface area contributed by atoms with E-state index in [1.54, 1.807) is 24.4 Å². The number of carbonyl (C=O) groups excluding carboxylic acids is 1. The van der Waals surface area contributed by atoms with E-state index in [2.05, 4.69) is 25.0 Å². The first-order valence-electron chi connectivity index (χ1n) is 6.02. The van der Waals surface area contributed by atoms with Crippen LogP contribution in [-0.4, -0.2) is 28.0 Å². The Kier molecular flexibility index (Phi) is 3.04. The zero-order chi connectivity index (χ0) is 13.9. The molecule has 0 saturated heterocycles. The van der Waals surface area contributed by atoms with Gasteiger partial charge in [-0.2, -0.15) is 0 Å². The van der Waals surface area contributed by atoms with E-state index in [4.69, 9.17) is 0 Å². The Morgan fingerprint density at radius 3 is 2.95 bits per heavy atom. The normalized spacial score (nSPS) is 10.4. The first-order valence-corrected chi connectivity index (χ1v) is 6.02. The second kappa shape index (κ2) is 5.00. The fourth-order valence-corrected chi connectivity index (χ4v) is 1.87. The van der Waals surface area contributed by atoms with E-state index < -0.39 is 0 Å². The average molecular weight is 268 g/mol. The van der Waals surface area contributed by atoms with Gasteiger partial charge < -0.3 is 15.0 Å². The third-order valence-electron chi connectivity index (χ3n) is 2.82. The predicted molar refractivity (Wildman–Crippen MR) is 75.0 cm³/mol. The van der Waals surface area contributed by atoms with Crippen LogP contribution in [0.25, 0.3) is 11.0 Å². The molecular formula is C14H12N4O2. The maximum atomic E-state index is 11.5. The Balaban J connectivity index is 1.92. The highest BCUT2D eigenvalue weighted by Crippen LogP contribution is 2.18. The Morgan fingerprint density at radius 2 is 2.20 bits per heavy atom. The number of esters is 1. The second-order valence-electron chi connectivity index (χ2n) is 4.15. The van der Waals surface area contributed by atoms with Gasteiger partial charge in [-0.05, 0) is 30.3 Å². The number of aromatic nitrogens is 3. The molecule has 6 nitrogen and oxygen atoms in total. The van der Waals surface area contributed by atoms with Crippen molar-refractivity contribution in [2.75, 3.05) is 12.4 Å². The fourth-order valence-electron chi connectivity index (χ4n) is 1.87. The van der Waals surface area contributed by atoms with Gasteiger partial charge in [0.2, 0.25) is 5.95 Å². The van der Waals surface area contributed by atoms with Gasteiger partial charge in [-0.3, -0.25) is 0 Å². The van der Waals surface area contributed by atoms with Crippen LogP contribution < -0.4 is 5.32 Å². The molecule has 100 valence electrons. The van der Waals surface area contributed by atoms with Gasteiger partial charge in [-0.1, -0.05) is 6.07 Å². The summed E-state index contributed by atoms with van der Waals surface area (Å²) in [4.78, 5) is 23.1. The van der Waals surface area contributed by atoms with Crippen molar-refractivity contribution < 1.29 is 9.53 Å². The number of nitrogens with zero attached hydrogens (tertiary/aromatic N) is 2. The number of anilines is 2. The van der Waals surface area contributed by atoms with Gasteiger partial charge >= 0.3 is 5.97 Å². The SMILES string of the molecule is COC(=O)c1ccc2[nH]c(Nc3ccccn3)nc2c1. The third kappa shape index (κ3) is 2.31. The first-order chi connectivity index (χ1) is 9.76. The Morgan fingerprint density at radius 1 is 1.30 bits per heavy atom. The number of nitrogens with one attached hydrogen (secondary N) is 2. The van der Waals surface area contributed by atoms with Crippen LogP contribution in [0.1, 0.15) is 10.4 Å². The lowest BCUT2D eigenvalue weighted by molar-refractivity contribution is 0.0601. The van der Waals surface area contributed by atoms with E-state index in [-0.39, 0.29) is 5.97 Å². The molecule has 2 heterocycles. The van der Waals surface area contributed by atoms with E-state index in [1.807, 2.05) is 18.2 Å². The molecule has 0 radical (unpaired) electrons. The number of hydrogen-bond donors (Lipinski definition) is 2. The lowest BCUT2D eigenvalue weighted by Gasteiger charge is -1.99. The highest BCUT2D eigenvalue weighted by molar-refractivity contribution is 5.94. The predicted octanol–water partition coefficient (Wildman–Crippen LogP) is 2.49. The van der Waals surface area contributed by atoms with E-state index >= 15 is 0 Å². The van der Waals surface area contributed by atoms with Crippen LogP contribution in [0.15, 0.2) is 42.6 Å². The van der Waals surface area contributed by atoms with Crippen molar-refractivity contribution in [1.29, 1.82) is 0 Å². The Bertz CT molecular complexity index is 752. The molecule has 0 fully saturated rings. The third-order valence-corrected chi connectivity index (χ3v) is 2.82. The largest absolute Gasteiger partial charge is 0.465 e. The van der Waals surface area contributed by atoms with Crippen LogP contribution in [0.5, 0.6) is 0 Å². The van der Waals surface area contributed by atoms with Crippen molar-refractivity contribution >= 4 is 28.8 Å². The van der Waals surface area contributed by atoms with Crippen molar-refractivity contribution in [3.05, 3.63) is 48.2 Å². The molecule has 0 atom stereocenters. The van der Waals surface area contributed by atoms with Gasteiger partial charge in [0.25, 0.3) is 0 Å². The monoisotopic (exact) mass is 268 g/mol. The first kappa shape index (κ1) is 12.2. The molecule has 3 rings (SSSR count). The van der Waals surface area contributed by atoms with Gasteiger partial charge in [-0.25, -0.2) is 14.8 Å². The minimum Gasteiger partial charge on any atom is -0.465 e. The summed E-state index contributed by atoms with van der Waals surface area (Å²) >= 11 is 0. The highest BCUT2D eigenvalue weighted by Gasteiger charge is 2.09. The molecule has 0 saturated carbocycles. The van der Waals surface area contributed by atoms with Crippen molar-refractivity contribution in [2.45, 2.75) is 0 Å². The summed E-state index contributed by atoms with van der Waals surface area (Å²) in [7, 11) is 1.35. The number of ether oxygens (including phenoxy) is 1. The van der Waals surface area contributed by atoms with Crippen LogP contribution in [0, 0.1) is 0 Å². The summed E-state index contributed by atoms with van der Waals surface area (Å²) in [6.45, 7) is 0. The van der Waals surface area contributed by atoms with Gasteiger partial charge in [0.1, 0.15) is 5.82 Å². The zero-order valence-electron chi connectivity index (χ0n) is 10.8. The molecule has 3 aromatic rings. The van der Waals surface area contributed by atoms with E-state index in [9.17, 15) is 4.79 Å². The lowest BCUT2D eigenvalue weighted by atomic mass is 10.2. The molecule has 1 aromatic carbocycles. The smallest absolute Gasteiger partial charge is 0.337 e. The molecule has 0 bridgehead atoms. The average Bonchev–Trinajstić information content (AvgIpc) is 2.88. The van der Waals surface area contributed by atoms with Crippen molar-refractivity contribution in [1.82, 2.24) is 15.0 Å². The summed E-state index contributed by atoms with van der Waals surface area (Å²) in [6.07, 6.45) is 1.69. The number of benzene rings is 1.